The second-order valence-corrected chi connectivity index (χ2v) is 7.69. The summed E-state index contributed by atoms with van der Waals surface area (Å²) in [5.74, 6) is 1.69. The van der Waals surface area contributed by atoms with Crippen molar-refractivity contribution in [2.45, 2.75) is 59.0 Å². The Bertz CT molecular complexity index is 724. The van der Waals surface area contributed by atoms with Gasteiger partial charge in [-0.3, -0.25) is 4.90 Å². The van der Waals surface area contributed by atoms with Crippen molar-refractivity contribution in [1.29, 1.82) is 0 Å². The van der Waals surface area contributed by atoms with Crippen molar-refractivity contribution >= 4 is 0 Å². The van der Waals surface area contributed by atoms with E-state index in [1.165, 1.54) is 11.3 Å². The Hall–Kier alpha value is -2.01. The summed E-state index contributed by atoms with van der Waals surface area (Å²) < 4.78 is 5.79. The first-order chi connectivity index (χ1) is 12.0. The number of rotatable bonds is 5. The molecular formula is C20H28N4O. The molecule has 5 heteroatoms. The average Bonchev–Trinajstić information content (AvgIpc) is 2.59. The predicted octanol–water partition coefficient (Wildman–Crippen LogP) is 3.52. The zero-order valence-electron chi connectivity index (χ0n) is 15.7. The van der Waals surface area contributed by atoms with E-state index in [4.69, 9.17) is 9.72 Å². The molecule has 0 spiro atoms. The zero-order valence-corrected chi connectivity index (χ0v) is 15.7. The molecule has 0 radical (unpaired) electrons. The molecule has 0 saturated heterocycles. The molecule has 25 heavy (non-hydrogen) atoms. The van der Waals surface area contributed by atoms with Gasteiger partial charge in [0.15, 0.2) is 0 Å². The minimum atomic E-state index is -0.00656. The molecule has 1 aliphatic heterocycles. The molecule has 0 aromatic carbocycles. The Labute approximate surface area is 150 Å². The third-order valence-electron chi connectivity index (χ3n) is 4.37. The molecule has 0 unspecified atom stereocenters. The van der Waals surface area contributed by atoms with Crippen LogP contribution in [-0.4, -0.2) is 33.0 Å². The molecule has 0 amide bonds. The Kier molecular flexibility index (Phi) is 5.33. The standard InChI is InChI=1S/C20H28N4O/c1-5-11-25-18-15(7-6-9-21-18)13-24-10-8-17-16(14-24)12-22-19(23-17)20(2,3)4/h6-7,9,12H,5,8,10-11,13-14H2,1-4H3. The van der Waals surface area contributed by atoms with Crippen molar-refractivity contribution < 1.29 is 4.74 Å². The highest BCUT2D eigenvalue weighted by Crippen LogP contribution is 2.24. The SMILES string of the molecule is CCCOc1ncccc1CN1CCc2nc(C(C)(C)C)ncc2C1. The van der Waals surface area contributed by atoms with Gasteiger partial charge in [0.05, 0.1) is 6.61 Å². The molecule has 0 saturated carbocycles. The molecule has 0 fully saturated rings. The van der Waals surface area contributed by atoms with E-state index in [1.54, 1.807) is 6.20 Å². The molecule has 3 heterocycles. The first-order valence-corrected chi connectivity index (χ1v) is 9.11. The number of pyridine rings is 1. The third-order valence-corrected chi connectivity index (χ3v) is 4.37. The van der Waals surface area contributed by atoms with E-state index in [-0.39, 0.29) is 5.41 Å². The summed E-state index contributed by atoms with van der Waals surface area (Å²) in [5, 5.41) is 0. The minimum Gasteiger partial charge on any atom is -0.477 e. The summed E-state index contributed by atoms with van der Waals surface area (Å²) in [4.78, 5) is 16.2. The normalized spacial score (nSPS) is 15.0. The Balaban J connectivity index is 1.72. The van der Waals surface area contributed by atoms with Crippen LogP contribution < -0.4 is 4.74 Å². The summed E-state index contributed by atoms with van der Waals surface area (Å²) in [6.45, 7) is 12.0. The molecule has 2 aromatic rings. The Morgan fingerprint density at radius 2 is 2.08 bits per heavy atom. The molecule has 134 valence electrons. The monoisotopic (exact) mass is 340 g/mol. The third kappa shape index (κ3) is 4.34. The van der Waals surface area contributed by atoms with Gasteiger partial charge in [0, 0.05) is 60.7 Å². The summed E-state index contributed by atoms with van der Waals surface area (Å²) in [5.41, 5.74) is 3.57. The quantitative estimate of drug-likeness (QED) is 0.833. The molecule has 0 atom stereocenters. The van der Waals surface area contributed by atoms with Gasteiger partial charge in [0.1, 0.15) is 5.82 Å². The predicted molar refractivity (Wildman–Crippen MR) is 98.6 cm³/mol. The van der Waals surface area contributed by atoms with Crippen molar-refractivity contribution in [2.24, 2.45) is 0 Å². The van der Waals surface area contributed by atoms with E-state index in [2.05, 4.69) is 48.6 Å². The highest BCUT2D eigenvalue weighted by Gasteiger charge is 2.23. The summed E-state index contributed by atoms with van der Waals surface area (Å²) in [7, 11) is 0. The van der Waals surface area contributed by atoms with Gasteiger partial charge in [0.2, 0.25) is 5.88 Å². The lowest BCUT2D eigenvalue weighted by Crippen LogP contribution is -2.32. The topological polar surface area (TPSA) is 51.1 Å². The molecule has 0 N–H and O–H groups in total. The van der Waals surface area contributed by atoms with Gasteiger partial charge in [0.25, 0.3) is 0 Å². The lowest BCUT2D eigenvalue weighted by Gasteiger charge is -2.29. The van der Waals surface area contributed by atoms with Gasteiger partial charge in [-0.05, 0) is 12.5 Å². The summed E-state index contributed by atoms with van der Waals surface area (Å²) in [6, 6.07) is 4.08. The number of nitrogens with zero attached hydrogens (tertiary/aromatic N) is 4. The highest BCUT2D eigenvalue weighted by atomic mass is 16.5. The first kappa shape index (κ1) is 17.8. The van der Waals surface area contributed by atoms with Crippen LogP contribution >= 0.6 is 0 Å². The number of hydrogen-bond donors (Lipinski definition) is 0. The number of aromatic nitrogens is 3. The first-order valence-electron chi connectivity index (χ1n) is 9.11. The molecule has 3 rings (SSSR count). The highest BCUT2D eigenvalue weighted by molar-refractivity contribution is 5.27. The van der Waals surface area contributed by atoms with Crippen LogP contribution in [0.3, 0.4) is 0 Å². The van der Waals surface area contributed by atoms with Crippen LogP contribution in [0.5, 0.6) is 5.88 Å². The van der Waals surface area contributed by atoms with Crippen molar-refractivity contribution in [2.75, 3.05) is 13.2 Å². The van der Waals surface area contributed by atoms with Crippen LogP contribution in [0.25, 0.3) is 0 Å². The van der Waals surface area contributed by atoms with Crippen LogP contribution in [0.4, 0.5) is 0 Å². The maximum absolute atomic E-state index is 5.79. The summed E-state index contributed by atoms with van der Waals surface area (Å²) >= 11 is 0. The van der Waals surface area contributed by atoms with Gasteiger partial charge in [-0.2, -0.15) is 0 Å². The van der Waals surface area contributed by atoms with Gasteiger partial charge >= 0.3 is 0 Å². The molecule has 2 aromatic heterocycles. The number of hydrogen-bond acceptors (Lipinski definition) is 5. The van der Waals surface area contributed by atoms with Gasteiger partial charge in [-0.1, -0.05) is 33.8 Å². The van der Waals surface area contributed by atoms with E-state index in [0.29, 0.717) is 6.61 Å². The largest absolute Gasteiger partial charge is 0.477 e. The second kappa shape index (κ2) is 7.48. The second-order valence-electron chi connectivity index (χ2n) is 7.69. The Morgan fingerprint density at radius 3 is 2.84 bits per heavy atom. The fraction of sp³-hybridized carbons (Fsp3) is 0.550. The van der Waals surface area contributed by atoms with E-state index < -0.39 is 0 Å². The number of fused-ring (bicyclic) bond motifs is 1. The molecule has 1 aliphatic rings. The fourth-order valence-electron chi connectivity index (χ4n) is 2.98. The Morgan fingerprint density at radius 1 is 1.24 bits per heavy atom. The fourth-order valence-corrected chi connectivity index (χ4v) is 2.98. The van der Waals surface area contributed by atoms with Crippen molar-refractivity contribution in [3.63, 3.8) is 0 Å². The van der Waals surface area contributed by atoms with E-state index >= 15 is 0 Å². The summed E-state index contributed by atoms with van der Waals surface area (Å²) in [6.07, 6.45) is 5.75. The molecule has 5 nitrogen and oxygen atoms in total. The van der Waals surface area contributed by atoms with E-state index in [0.717, 1.165) is 49.7 Å². The van der Waals surface area contributed by atoms with Crippen LogP contribution in [0.15, 0.2) is 24.5 Å². The molecular weight excluding hydrogens is 312 g/mol. The molecule has 0 aliphatic carbocycles. The van der Waals surface area contributed by atoms with E-state index in [9.17, 15) is 0 Å². The zero-order chi connectivity index (χ0) is 17.9. The maximum Gasteiger partial charge on any atom is 0.217 e. The minimum absolute atomic E-state index is 0.00656. The van der Waals surface area contributed by atoms with Gasteiger partial charge < -0.3 is 4.74 Å². The van der Waals surface area contributed by atoms with Crippen LogP contribution in [-0.2, 0) is 24.9 Å². The smallest absolute Gasteiger partial charge is 0.217 e. The van der Waals surface area contributed by atoms with Crippen molar-refractivity contribution in [1.82, 2.24) is 19.9 Å². The van der Waals surface area contributed by atoms with Gasteiger partial charge in [-0.25, -0.2) is 15.0 Å². The average molecular weight is 340 g/mol. The number of ether oxygens (including phenoxy) is 1. The van der Waals surface area contributed by atoms with Crippen LogP contribution in [0.1, 0.15) is 56.8 Å². The van der Waals surface area contributed by atoms with Crippen molar-refractivity contribution in [3.8, 4) is 5.88 Å². The van der Waals surface area contributed by atoms with E-state index in [1.807, 2.05) is 12.3 Å². The molecule has 0 bridgehead atoms. The van der Waals surface area contributed by atoms with Crippen molar-refractivity contribution in [3.05, 3.63) is 47.2 Å². The van der Waals surface area contributed by atoms with Gasteiger partial charge in [-0.15, -0.1) is 0 Å². The lowest BCUT2D eigenvalue weighted by atomic mass is 9.95. The van der Waals surface area contributed by atoms with Crippen LogP contribution in [0, 0.1) is 0 Å². The van der Waals surface area contributed by atoms with Crippen LogP contribution in [0.2, 0.25) is 0 Å². The lowest BCUT2D eigenvalue weighted by molar-refractivity contribution is 0.232. The maximum atomic E-state index is 5.79.